The van der Waals surface area contributed by atoms with Crippen molar-refractivity contribution in [2.75, 3.05) is 13.1 Å². The van der Waals surface area contributed by atoms with E-state index >= 15 is 0 Å². The van der Waals surface area contributed by atoms with E-state index in [2.05, 4.69) is 0 Å². The second-order valence-electron chi connectivity index (χ2n) is 10.5. The highest BCUT2D eigenvalue weighted by Gasteiger charge is 2.61. The lowest BCUT2D eigenvalue weighted by Gasteiger charge is -2.44. The summed E-state index contributed by atoms with van der Waals surface area (Å²) < 4.78 is 0. The number of carbonyl (C=O) groups is 6. The van der Waals surface area contributed by atoms with E-state index in [0.29, 0.717) is 11.1 Å². The van der Waals surface area contributed by atoms with Gasteiger partial charge in [0.2, 0.25) is 23.6 Å². The molecule has 11 heteroatoms. The number of benzene rings is 1. The average Bonchev–Trinajstić information content (AvgIpc) is 3.25. The first kappa shape index (κ1) is 25.6. The lowest BCUT2D eigenvalue weighted by atomic mass is 9.57. The summed E-state index contributed by atoms with van der Waals surface area (Å²) >= 11 is 0. The Balaban J connectivity index is 1.56. The minimum atomic E-state index is -1.14. The van der Waals surface area contributed by atoms with Crippen molar-refractivity contribution in [3.63, 3.8) is 0 Å². The molecule has 4 amide bonds. The van der Waals surface area contributed by atoms with E-state index in [-0.39, 0.29) is 44.5 Å². The zero-order chi connectivity index (χ0) is 27.5. The molecule has 3 N–H and O–H groups in total. The first-order valence-corrected chi connectivity index (χ1v) is 12.6. The number of likely N-dealkylation sites (tertiary alicyclic amines) is 2. The Kier molecular flexibility index (Phi) is 6.32. The van der Waals surface area contributed by atoms with Crippen LogP contribution < -0.4 is 0 Å². The van der Waals surface area contributed by atoms with Gasteiger partial charge in [-0.15, -0.1) is 0 Å². The number of aromatic hydroxyl groups is 1. The molecule has 1 aromatic carbocycles. The fourth-order valence-corrected chi connectivity index (χ4v) is 6.82. The van der Waals surface area contributed by atoms with Gasteiger partial charge >= 0.3 is 11.9 Å². The quantitative estimate of drug-likeness (QED) is 0.351. The van der Waals surface area contributed by atoms with Gasteiger partial charge in [-0.2, -0.15) is 0 Å². The molecule has 0 radical (unpaired) electrons. The monoisotopic (exact) mass is 524 g/mol. The SMILES string of the molecule is Cc1cc([C@H]2C3=CC[C@@H]4C(=O)N(CCC(=O)O)C(=O)[C@@H]4[C@@H]3C[C@H]3C(=O)N(CCC(=O)O)C(=O)[C@@H]23)ccc1O. The highest BCUT2D eigenvalue weighted by Crippen LogP contribution is 2.58. The Hall–Kier alpha value is -4.02. The largest absolute Gasteiger partial charge is 0.508 e. The van der Waals surface area contributed by atoms with Crippen LogP contribution in [0, 0.1) is 36.5 Å². The van der Waals surface area contributed by atoms with E-state index in [9.17, 15) is 33.9 Å². The number of phenolic OH excluding ortho intramolecular Hbond substituents is 1. The van der Waals surface area contributed by atoms with Crippen molar-refractivity contribution in [2.24, 2.45) is 29.6 Å². The summed E-state index contributed by atoms with van der Waals surface area (Å²) in [6, 6.07) is 4.93. The zero-order valence-electron chi connectivity index (χ0n) is 20.7. The smallest absolute Gasteiger partial charge is 0.305 e. The maximum atomic E-state index is 13.6. The standard InChI is InChI=1S/C27H28N2O9/c1-12-10-13(2-5-18(12)30)21-14-3-4-15-22(26(37)28(24(15)35)8-6-19(31)32)16(14)11-17-23(21)27(38)29(25(17)36)9-7-20(33)34/h2-3,5,10,15-17,21-23,30H,4,6-9,11H2,1H3,(H,31,32)(H,33,34)/t15-,16+,17+,21-,22-,23+/m0/s1. The number of carbonyl (C=O) groups excluding carboxylic acids is 4. The third-order valence-corrected chi connectivity index (χ3v) is 8.51. The van der Waals surface area contributed by atoms with Crippen molar-refractivity contribution in [3.05, 3.63) is 41.0 Å². The number of rotatable bonds is 7. The third kappa shape index (κ3) is 3.97. The van der Waals surface area contributed by atoms with Crippen LogP contribution in [0.25, 0.3) is 0 Å². The van der Waals surface area contributed by atoms with Crippen LogP contribution >= 0.6 is 0 Å². The van der Waals surface area contributed by atoms with Crippen LogP contribution in [0.15, 0.2) is 29.8 Å². The van der Waals surface area contributed by atoms with Gasteiger partial charge < -0.3 is 15.3 Å². The lowest BCUT2D eigenvalue weighted by molar-refractivity contribution is -0.145. The van der Waals surface area contributed by atoms with Crippen LogP contribution in [0.3, 0.4) is 0 Å². The van der Waals surface area contributed by atoms with Gasteiger partial charge in [-0.1, -0.05) is 23.8 Å². The number of hydrogen-bond donors (Lipinski definition) is 3. The van der Waals surface area contributed by atoms with E-state index in [4.69, 9.17) is 10.2 Å². The molecule has 1 saturated carbocycles. The summed E-state index contributed by atoms with van der Waals surface area (Å²) in [6.07, 6.45) is 1.53. The number of fused-ring (bicyclic) bond motifs is 4. The van der Waals surface area contributed by atoms with E-state index < -0.39 is 71.1 Å². The maximum Gasteiger partial charge on any atom is 0.305 e. The van der Waals surface area contributed by atoms with Crippen LogP contribution in [-0.2, 0) is 28.8 Å². The van der Waals surface area contributed by atoms with Gasteiger partial charge in [-0.3, -0.25) is 38.6 Å². The predicted molar refractivity (Wildman–Crippen MR) is 128 cm³/mol. The van der Waals surface area contributed by atoms with E-state index in [1.54, 1.807) is 19.1 Å². The van der Waals surface area contributed by atoms with Crippen LogP contribution in [0.5, 0.6) is 5.75 Å². The Bertz CT molecular complexity index is 1300. The first-order valence-electron chi connectivity index (χ1n) is 12.6. The van der Waals surface area contributed by atoms with Gasteiger partial charge in [0, 0.05) is 19.0 Å². The Morgan fingerprint density at radius 3 is 2.00 bits per heavy atom. The molecular formula is C27H28N2O9. The van der Waals surface area contributed by atoms with Crippen molar-refractivity contribution >= 4 is 35.6 Å². The summed E-state index contributed by atoms with van der Waals surface area (Å²) in [5.41, 5.74) is 2.03. The van der Waals surface area contributed by atoms with Gasteiger partial charge in [0.05, 0.1) is 36.5 Å². The normalized spacial score (nSPS) is 30.2. The number of phenols is 1. The summed E-state index contributed by atoms with van der Waals surface area (Å²) in [4.78, 5) is 77.8. The van der Waals surface area contributed by atoms with Gasteiger partial charge in [-0.25, -0.2) is 0 Å². The number of imide groups is 2. The summed E-state index contributed by atoms with van der Waals surface area (Å²) in [5, 5.41) is 28.3. The van der Waals surface area contributed by atoms with Crippen molar-refractivity contribution in [1.29, 1.82) is 0 Å². The molecule has 200 valence electrons. The molecule has 2 saturated heterocycles. The number of nitrogens with zero attached hydrogens (tertiary/aromatic N) is 2. The molecule has 11 nitrogen and oxygen atoms in total. The van der Waals surface area contributed by atoms with Crippen molar-refractivity contribution in [3.8, 4) is 5.75 Å². The fourth-order valence-electron chi connectivity index (χ4n) is 6.82. The van der Waals surface area contributed by atoms with E-state index in [1.165, 1.54) is 6.07 Å². The molecule has 0 aromatic heterocycles. The van der Waals surface area contributed by atoms with Gasteiger partial charge in [-0.05, 0) is 42.9 Å². The summed E-state index contributed by atoms with van der Waals surface area (Å²) in [6.45, 7) is 1.23. The van der Waals surface area contributed by atoms with Crippen molar-refractivity contribution in [1.82, 2.24) is 9.80 Å². The van der Waals surface area contributed by atoms with Gasteiger partial charge in [0.1, 0.15) is 5.75 Å². The highest BCUT2D eigenvalue weighted by molar-refractivity contribution is 6.08. The molecule has 2 heterocycles. The minimum Gasteiger partial charge on any atom is -0.508 e. The molecule has 0 spiro atoms. The number of aliphatic carboxylic acids is 2. The molecule has 5 rings (SSSR count). The molecule has 0 unspecified atom stereocenters. The fraction of sp³-hybridized carbons (Fsp3) is 0.481. The van der Waals surface area contributed by atoms with E-state index in [0.717, 1.165) is 15.4 Å². The molecule has 2 aliphatic carbocycles. The number of amides is 4. The number of aryl methyl sites for hydroxylation is 1. The van der Waals surface area contributed by atoms with Crippen molar-refractivity contribution in [2.45, 2.75) is 38.5 Å². The Labute approximate surface area is 217 Å². The minimum absolute atomic E-state index is 0.0675. The lowest BCUT2D eigenvalue weighted by Crippen LogP contribution is -2.43. The second-order valence-corrected chi connectivity index (χ2v) is 10.5. The first-order chi connectivity index (χ1) is 18.0. The molecule has 2 aliphatic heterocycles. The van der Waals surface area contributed by atoms with E-state index in [1.807, 2.05) is 6.08 Å². The van der Waals surface area contributed by atoms with Gasteiger partial charge in [0.15, 0.2) is 0 Å². The molecular weight excluding hydrogens is 496 g/mol. The van der Waals surface area contributed by atoms with Gasteiger partial charge in [0.25, 0.3) is 0 Å². The molecule has 38 heavy (non-hydrogen) atoms. The maximum absolute atomic E-state index is 13.6. The van der Waals surface area contributed by atoms with Crippen LogP contribution in [0.2, 0.25) is 0 Å². The van der Waals surface area contributed by atoms with Crippen LogP contribution in [0.4, 0.5) is 0 Å². The summed E-state index contributed by atoms with van der Waals surface area (Å²) in [7, 11) is 0. The van der Waals surface area contributed by atoms with Crippen LogP contribution in [0.1, 0.15) is 42.7 Å². The summed E-state index contributed by atoms with van der Waals surface area (Å²) in [5.74, 6) is -8.17. The number of carboxylic acids is 2. The second kappa shape index (κ2) is 9.38. The zero-order valence-corrected chi connectivity index (χ0v) is 20.7. The molecule has 4 aliphatic rings. The molecule has 3 fully saturated rings. The van der Waals surface area contributed by atoms with Crippen molar-refractivity contribution < 1.29 is 44.1 Å². The topological polar surface area (TPSA) is 170 Å². The number of hydrogen-bond acceptors (Lipinski definition) is 7. The molecule has 6 atom stereocenters. The average molecular weight is 525 g/mol. The Morgan fingerprint density at radius 1 is 0.842 bits per heavy atom. The van der Waals surface area contributed by atoms with Crippen LogP contribution in [-0.4, -0.2) is 73.8 Å². The third-order valence-electron chi connectivity index (χ3n) is 8.51. The predicted octanol–water partition coefficient (Wildman–Crippen LogP) is 1.29. The number of carboxylic acid groups (broad SMARTS) is 2. The highest BCUT2D eigenvalue weighted by atomic mass is 16.4. The number of allylic oxidation sites excluding steroid dienone is 2. The molecule has 1 aromatic rings. The Morgan fingerprint density at radius 2 is 1.42 bits per heavy atom. The molecule has 0 bridgehead atoms.